The predicted octanol–water partition coefficient (Wildman–Crippen LogP) is 3.30. The van der Waals surface area contributed by atoms with Crippen molar-refractivity contribution >= 4 is 0 Å². The zero-order chi connectivity index (χ0) is 10.7. The van der Waals surface area contributed by atoms with Crippen LogP contribution < -0.4 is 0 Å². The molecule has 0 aromatic heterocycles. The Morgan fingerprint density at radius 1 is 1.13 bits per heavy atom. The highest BCUT2D eigenvalue weighted by Crippen LogP contribution is 2.25. The topological polar surface area (TPSA) is 20.2 Å². The van der Waals surface area contributed by atoms with Crippen molar-refractivity contribution in [3.05, 3.63) is 59.2 Å². The summed E-state index contributed by atoms with van der Waals surface area (Å²) in [5.74, 6) is 0. The molecule has 1 aliphatic carbocycles. The van der Waals surface area contributed by atoms with E-state index in [1.165, 1.54) is 5.56 Å². The van der Waals surface area contributed by atoms with Crippen LogP contribution in [0.2, 0.25) is 0 Å². The van der Waals surface area contributed by atoms with Crippen molar-refractivity contribution in [3.8, 4) is 0 Å². The predicted molar refractivity (Wildman–Crippen MR) is 62.6 cm³/mol. The second-order valence-corrected chi connectivity index (χ2v) is 4.00. The number of aliphatic hydroxyl groups excluding tert-OH is 1. The number of rotatable bonds is 2. The van der Waals surface area contributed by atoms with Gasteiger partial charge in [0.1, 0.15) is 6.10 Å². The van der Waals surface area contributed by atoms with Crippen molar-refractivity contribution in [2.24, 2.45) is 0 Å². The maximum Gasteiger partial charge on any atom is 0.104 e. The molecular formula is C14H16O. The van der Waals surface area contributed by atoms with E-state index in [-0.39, 0.29) is 0 Å². The van der Waals surface area contributed by atoms with Crippen molar-refractivity contribution < 1.29 is 5.11 Å². The van der Waals surface area contributed by atoms with E-state index in [9.17, 15) is 5.11 Å². The zero-order valence-electron chi connectivity index (χ0n) is 8.98. The van der Waals surface area contributed by atoms with E-state index < -0.39 is 6.10 Å². The van der Waals surface area contributed by atoms with Crippen LogP contribution >= 0.6 is 0 Å². The van der Waals surface area contributed by atoms with Gasteiger partial charge in [-0.1, -0.05) is 48.1 Å². The number of hydrogen-bond donors (Lipinski definition) is 1. The highest BCUT2D eigenvalue weighted by Gasteiger charge is 2.11. The highest BCUT2D eigenvalue weighted by atomic mass is 16.3. The molecule has 0 radical (unpaired) electrons. The summed E-state index contributed by atoms with van der Waals surface area (Å²) in [6.45, 7) is 2.05. The van der Waals surface area contributed by atoms with Gasteiger partial charge in [0.2, 0.25) is 0 Å². The first-order valence-corrected chi connectivity index (χ1v) is 5.38. The normalized spacial score (nSPS) is 17.3. The molecule has 1 atom stereocenters. The molecule has 0 saturated heterocycles. The summed E-state index contributed by atoms with van der Waals surface area (Å²) in [6.07, 6.45) is 7.91. The highest BCUT2D eigenvalue weighted by molar-refractivity contribution is 5.34. The van der Waals surface area contributed by atoms with E-state index in [0.29, 0.717) is 0 Å². The average molecular weight is 200 g/mol. The van der Waals surface area contributed by atoms with Crippen molar-refractivity contribution in [2.75, 3.05) is 0 Å². The maximum atomic E-state index is 10.1. The standard InChI is InChI=1S/C14H16O/c1-11-7-9-13(10-8-11)14(15)12-5-3-2-4-6-12/h3,5-10,14-15H,2,4H2,1H3. The molecule has 0 bridgehead atoms. The van der Waals surface area contributed by atoms with Crippen LogP contribution in [-0.2, 0) is 0 Å². The minimum Gasteiger partial charge on any atom is -0.384 e. The summed E-state index contributed by atoms with van der Waals surface area (Å²) in [6, 6.07) is 8.05. The summed E-state index contributed by atoms with van der Waals surface area (Å²) < 4.78 is 0. The van der Waals surface area contributed by atoms with Crippen LogP contribution in [0.4, 0.5) is 0 Å². The third-order valence-corrected chi connectivity index (χ3v) is 2.73. The smallest absolute Gasteiger partial charge is 0.104 e. The Kier molecular flexibility index (Phi) is 3.02. The van der Waals surface area contributed by atoms with Crippen LogP contribution in [0.15, 0.2) is 48.1 Å². The van der Waals surface area contributed by atoms with E-state index in [1.54, 1.807) is 0 Å². The lowest BCUT2D eigenvalue weighted by Crippen LogP contribution is -2.01. The van der Waals surface area contributed by atoms with Gasteiger partial charge in [-0.05, 0) is 30.9 Å². The van der Waals surface area contributed by atoms with Crippen molar-refractivity contribution in [1.29, 1.82) is 0 Å². The molecule has 1 N–H and O–H groups in total. The molecular weight excluding hydrogens is 184 g/mol. The summed E-state index contributed by atoms with van der Waals surface area (Å²) >= 11 is 0. The molecule has 1 heteroatoms. The minimum absolute atomic E-state index is 0.470. The second kappa shape index (κ2) is 4.45. The molecule has 1 aromatic rings. The molecule has 0 amide bonds. The fourth-order valence-corrected chi connectivity index (χ4v) is 1.78. The van der Waals surface area contributed by atoms with E-state index in [4.69, 9.17) is 0 Å². The lowest BCUT2D eigenvalue weighted by molar-refractivity contribution is 0.219. The van der Waals surface area contributed by atoms with Gasteiger partial charge < -0.3 is 5.11 Å². The van der Waals surface area contributed by atoms with E-state index in [0.717, 1.165) is 24.0 Å². The Labute approximate surface area is 90.8 Å². The zero-order valence-corrected chi connectivity index (χ0v) is 8.98. The molecule has 15 heavy (non-hydrogen) atoms. The van der Waals surface area contributed by atoms with Gasteiger partial charge in [-0.3, -0.25) is 0 Å². The van der Waals surface area contributed by atoms with Crippen LogP contribution in [0.1, 0.15) is 30.1 Å². The fraction of sp³-hybridized carbons (Fsp3) is 0.286. The van der Waals surface area contributed by atoms with Crippen molar-refractivity contribution in [3.63, 3.8) is 0 Å². The van der Waals surface area contributed by atoms with Gasteiger partial charge >= 0.3 is 0 Å². The first-order valence-electron chi connectivity index (χ1n) is 5.38. The van der Waals surface area contributed by atoms with Gasteiger partial charge in [0.05, 0.1) is 0 Å². The van der Waals surface area contributed by atoms with Crippen molar-refractivity contribution in [1.82, 2.24) is 0 Å². The van der Waals surface area contributed by atoms with Gasteiger partial charge in [0.15, 0.2) is 0 Å². The molecule has 0 spiro atoms. The summed E-state index contributed by atoms with van der Waals surface area (Å²) in [5.41, 5.74) is 3.21. The molecule has 1 nitrogen and oxygen atoms in total. The Bertz CT molecular complexity index is 384. The molecule has 78 valence electrons. The third-order valence-electron chi connectivity index (χ3n) is 2.73. The number of aliphatic hydroxyl groups is 1. The monoisotopic (exact) mass is 200 g/mol. The molecule has 0 aliphatic heterocycles. The maximum absolute atomic E-state index is 10.1. The summed E-state index contributed by atoms with van der Waals surface area (Å²) in [5, 5.41) is 10.1. The molecule has 0 fully saturated rings. The van der Waals surface area contributed by atoms with Gasteiger partial charge in [-0.2, -0.15) is 0 Å². The summed E-state index contributed by atoms with van der Waals surface area (Å²) in [4.78, 5) is 0. The van der Waals surface area contributed by atoms with Crippen LogP contribution in [-0.4, -0.2) is 5.11 Å². The summed E-state index contributed by atoms with van der Waals surface area (Å²) in [7, 11) is 0. The average Bonchev–Trinajstić information content (AvgIpc) is 2.30. The Morgan fingerprint density at radius 3 is 2.47 bits per heavy atom. The molecule has 1 aromatic carbocycles. The Morgan fingerprint density at radius 2 is 1.87 bits per heavy atom. The van der Waals surface area contributed by atoms with E-state index >= 15 is 0 Å². The van der Waals surface area contributed by atoms with Crippen LogP contribution in [0, 0.1) is 6.92 Å². The van der Waals surface area contributed by atoms with Gasteiger partial charge in [-0.25, -0.2) is 0 Å². The van der Waals surface area contributed by atoms with Crippen LogP contribution in [0.3, 0.4) is 0 Å². The van der Waals surface area contributed by atoms with E-state index in [1.807, 2.05) is 30.3 Å². The molecule has 1 aliphatic rings. The van der Waals surface area contributed by atoms with Gasteiger partial charge in [0.25, 0.3) is 0 Å². The van der Waals surface area contributed by atoms with Crippen LogP contribution in [0.25, 0.3) is 0 Å². The van der Waals surface area contributed by atoms with Crippen LogP contribution in [0.5, 0.6) is 0 Å². The molecule has 0 heterocycles. The Balaban J connectivity index is 2.20. The quantitative estimate of drug-likeness (QED) is 0.776. The number of hydrogen-bond acceptors (Lipinski definition) is 1. The Hall–Kier alpha value is -1.34. The largest absolute Gasteiger partial charge is 0.384 e. The van der Waals surface area contributed by atoms with Gasteiger partial charge in [-0.15, -0.1) is 0 Å². The molecule has 2 rings (SSSR count). The van der Waals surface area contributed by atoms with Gasteiger partial charge in [0, 0.05) is 0 Å². The first-order chi connectivity index (χ1) is 7.27. The van der Waals surface area contributed by atoms with Crippen molar-refractivity contribution in [2.45, 2.75) is 25.9 Å². The second-order valence-electron chi connectivity index (χ2n) is 4.00. The lowest BCUT2D eigenvalue weighted by atomic mass is 9.96. The number of aryl methyl sites for hydroxylation is 1. The van der Waals surface area contributed by atoms with E-state index in [2.05, 4.69) is 19.1 Å². The third kappa shape index (κ3) is 2.37. The lowest BCUT2D eigenvalue weighted by Gasteiger charge is -2.15. The fourth-order valence-electron chi connectivity index (χ4n) is 1.78. The first kappa shape index (κ1) is 10.2. The molecule has 0 saturated carbocycles. The minimum atomic E-state index is -0.470. The SMILES string of the molecule is Cc1ccc(C(O)C2=CCCC=C2)cc1. The molecule has 1 unspecified atom stereocenters. The number of allylic oxidation sites excluding steroid dienone is 2. The number of benzene rings is 1.